The van der Waals surface area contributed by atoms with Crippen LogP contribution in [0.15, 0.2) is 61.2 Å². The number of fused-ring (bicyclic) bond motifs is 22. The number of benzene rings is 6. The van der Waals surface area contributed by atoms with Crippen LogP contribution in [0.1, 0.15) is 167 Å². The van der Waals surface area contributed by atoms with Crippen LogP contribution in [-0.2, 0) is 65.4 Å². The summed E-state index contributed by atoms with van der Waals surface area (Å²) in [6.45, 7) is 15.2. The first kappa shape index (κ1) is 81.6. The zero-order chi connectivity index (χ0) is 78.4. The molecule has 8 aromatic rings. The normalized spacial score (nSPS) is 27.5. The lowest BCUT2D eigenvalue weighted by atomic mass is 9.71. The highest BCUT2D eigenvalue weighted by atomic mass is 32.2. The molecule has 9 N–H and O–H groups in total. The number of esters is 4. The molecule has 22 rings (SSSR count). The molecule has 0 aliphatic carbocycles. The number of phenols is 4. The molecule has 2 unspecified atom stereocenters. The molecule has 4 saturated heterocycles. The quantitative estimate of drug-likeness (QED) is 0.0424. The summed E-state index contributed by atoms with van der Waals surface area (Å²) in [6, 6.07) is 13.9. The van der Waals surface area contributed by atoms with Gasteiger partial charge in [-0.25, -0.2) is 9.59 Å². The number of carbonyl (C=O) groups is 4. The SMILES string of the molecule is C.C.C.C.C=CCN1[C@@H]2c3c(cc(C)c(OC)c3O)C[C@H]1[C@H](C#N)N1C2[C@@H]2SC[C@]3(NCCc4c3[nH]c3ccc(O)cc43)C(=O)OC[C@H]1c1c3c(c(C)c(OC(C)=O)c12)OCO3.COc1c(C)cc2c(c1O)[C@H]1N[C@@H](C2)[C@H](C#N)N2C1[C@@H]1SC[C@]3(NCCc4c3[nH]c3ccc(O)cc43)C(=O)OC[C@H]2c2c3c(c(C)c(OC(C)=O)c21)OCO3. The maximum Gasteiger partial charge on any atom is 0.333 e. The molecule has 6 aromatic carbocycles. The number of ether oxygens (including phenoxy) is 10. The van der Waals surface area contributed by atoms with Crippen LogP contribution >= 0.6 is 23.5 Å². The largest absolute Gasteiger partial charge is 0.508 e. The Morgan fingerprint density at radius 3 is 1.54 bits per heavy atom. The number of methoxy groups -OCH3 is 2. The van der Waals surface area contributed by atoms with E-state index < -0.39 is 93.8 Å². The lowest BCUT2D eigenvalue weighted by Crippen LogP contribution is -2.70. The van der Waals surface area contributed by atoms with Gasteiger partial charge in [0.2, 0.25) is 13.6 Å². The number of aromatic hydroxyl groups is 4. The molecule has 616 valence electrons. The number of carbonyl (C=O) groups excluding carboxylic acids is 4. The molecular weight excluding hydrogens is 1540 g/mol. The van der Waals surface area contributed by atoms with Gasteiger partial charge in [-0.05, 0) is 123 Å². The molecule has 14 aliphatic rings. The first-order valence-electron chi connectivity index (χ1n) is 37.9. The van der Waals surface area contributed by atoms with E-state index in [2.05, 4.69) is 59.3 Å². The number of nitriles is 2. The van der Waals surface area contributed by atoms with E-state index in [1.807, 2.05) is 45.9 Å². The number of rotatable bonds is 6. The van der Waals surface area contributed by atoms with E-state index in [-0.39, 0.29) is 103 Å². The van der Waals surface area contributed by atoms with Crippen molar-refractivity contribution in [2.75, 3.05) is 72.2 Å². The Hall–Kier alpha value is -10.5. The average molecular weight is 1640 g/mol. The number of aromatic amines is 2. The molecule has 117 heavy (non-hydrogen) atoms. The minimum atomic E-state index is -1.35. The topological polar surface area (TPSA) is 366 Å². The monoisotopic (exact) mass is 1630 g/mol. The molecule has 2 spiro atoms. The van der Waals surface area contributed by atoms with E-state index in [1.54, 1.807) is 43.5 Å². The number of aromatic nitrogens is 2. The maximum absolute atomic E-state index is 14.9. The first-order chi connectivity index (χ1) is 54.6. The zero-order valence-corrected chi connectivity index (χ0v) is 64.7. The van der Waals surface area contributed by atoms with Gasteiger partial charge in [0, 0.05) is 135 Å². The van der Waals surface area contributed by atoms with E-state index in [1.165, 1.54) is 44.5 Å². The maximum atomic E-state index is 14.9. The molecule has 14 atom stereocenters. The number of hydrogen-bond acceptors (Lipinski definition) is 28. The van der Waals surface area contributed by atoms with Crippen molar-refractivity contribution >= 4 is 69.2 Å². The van der Waals surface area contributed by atoms with Gasteiger partial charge in [-0.15, -0.1) is 30.1 Å². The Morgan fingerprint density at radius 1 is 0.607 bits per heavy atom. The van der Waals surface area contributed by atoms with Gasteiger partial charge in [0.25, 0.3) is 0 Å². The molecule has 4 fully saturated rings. The van der Waals surface area contributed by atoms with Gasteiger partial charge < -0.3 is 83.1 Å². The van der Waals surface area contributed by atoms with Crippen molar-refractivity contribution in [2.45, 2.75) is 179 Å². The average Bonchev–Trinajstić information content (AvgIpc) is 0.925. The predicted octanol–water partition coefficient (Wildman–Crippen LogP) is 11.7. The Labute approximate surface area is 686 Å². The predicted molar refractivity (Wildman–Crippen MR) is 438 cm³/mol. The Morgan fingerprint density at radius 2 is 1.07 bits per heavy atom. The van der Waals surface area contributed by atoms with E-state index >= 15 is 0 Å². The minimum Gasteiger partial charge on any atom is -0.508 e. The number of H-pyrrole nitrogens is 2. The van der Waals surface area contributed by atoms with Gasteiger partial charge in [0.1, 0.15) is 48.3 Å². The standard InChI is InChI=1S/C43H43N5O9S.C40H39N5O9S.4CH4/c1-6-11-47-27-13-22-12-19(2)36(53-5)35(51)30(22)33(47)34-40-32-31(39-38(55-18-56-39)20(3)37(32)57-21(4)49)29(48(34)28(27)15-44)16-54-42(52)43(17-58-40)41-24(9-10-45-43)25-14-23(50)7-8-26(25)46-41;1-16-9-19-10-24-25(12-41)45-26-13-51-39(49)40(38-21(7-8-42-40)22-11-20(47)5-6-23(22)44-38)14-55-37(31(45)30(43-24)27(19)32(48)33(16)50-4)29-28(26)36-35(52-15-53-36)17(2)34(29)54-18(3)46;;;;/h6-8,12,14,27-29,33-34,40,45-46,50-51H,1,9-11,13,16-18H2,2-5H3;5-6,9,11,24-26,30-31,37,42-44,47-48H,7-8,10,13-15H2,1-4H3;4*1H4/t27-,28-,29-,33+,34?,40+,43+;24-,25-,26-,30+,31?,37+,40+;;;;/m00..../s1. The highest BCUT2D eigenvalue weighted by Crippen LogP contribution is 2.67. The minimum absolute atomic E-state index is 0. The van der Waals surface area contributed by atoms with Crippen LogP contribution in [0.4, 0.5) is 0 Å². The van der Waals surface area contributed by atoms with Crippen molar-refractivity contribution < 1.29 is 87.0 Å². The van der Waals surface area contributed by atoms with Crippen LogP contribution in [0.25, 0.3) is 21.8 Å². The second kappa shape index (κ2) is 30.1. The molecule has 14 aliphatic heterocycles. The van der Waals surface area contributed by atoms with E-state index in [0.717, 1.165) is 55.2 Å². The summed E-state index contributed by atoms with van der Waals surface area (Å²) in [4.78, 5) is 69.2. The molecular formula is C87H98N10O18S2. The third-order valence-corrected chi connectivity index (χ3v) is 28.3. The highest BCUT2D eigenvalue weighted by Gasteiger charge is 2.65. The van der Waals surface area contributed by atoms with Gasteiger partial charge >= 0.3 is 23.9 Å². The van der Waals surface area contributed by atoms with Gasteiger partial charge in [-0.1, -0.05) is 47.9 Å². The number of hydrogen-bond donors (Lipinski definition) is 9. The smallest absolute Gasteiger partial charge is 0.333 e. The van der Waals surface area contributed by atoms with Crippen LogP contribution in [0.5, 0.6) is 69.0 Å². The summed E-state index contributed by atoms with van der Waals surface area (Å²) in [6.07, 6.45) is 3.99. The van der Waals surface area contributed by atoms with Crippen molar-refractivity contribution in [3.05, 3.63) is 150 Å². The molecule has 28 nitrogen and oxygen atoms in total. The summed E-state index contributed by atoms with van der Waals surface area (Å²) >= 11 is 2.99. The lowest BCUT2D eigenvalue weighted by Gasteiger charge is -2.62. The van der Waals surface area contributed by atoms with Gasteiger partial charge in [-0.2, -0.15) is 10.5 Å². The van der Waals surface area contributed by atoms with Crippen LogP contribution in [0.3, 0.4) is 0 Å². The summed E-state index contributed by atoms with van der Waals surface area (Å²) in [7, 11) is 3.07. The second-order valence-corrected chi connectivity index (χ2v) is 33.4. The third-order valence-electron chi connectivity index (χ3n) is 25.4. The van der Waals surface area contributed by atoms with Crippen LogP contribution < -0.4 is 53.8 Å². The fourth-order valence-corrected chi connectivity index (χ4v) is 24.5. The van der Waals surface area contributed by atoms with Crippen molar-refractivity contribution in [1.29, 1.82) is 10.5 Å². The summed E-state index contributed by atoms with van der Waals surface area (Å²) in [5, 5.41) is 78.8. The van der Waals surface area contributed by atoms with Crippen LogP contribution in [-0.4, -0.2) is 177 Å². The van der Waals surface area contributed by atoms with Crippen molar-refractivity contribution in [3.8, 4) is 81.1 Å². The van der Waals surface area contributed by atoms with Gasteiger partial charge in [0.15, 0.2) is 57.1 Å². The number of thioether (sulfide) groups is 2. The summed E-state index contributed by atoms with van der Waals surface area (Å²) < 4.78 is 61.3. The fraction of sp³-hybridized carbons (Fsp3) is 0.448. The number of aryl methyl sites for hydroxylation is 2. The number of nitrogens with zero attached hydrogens (tertiary/aromatic N) is 5. The Kier molecular flexibility index (Phi) is 21.0. The number of nitrogens with one attached hydrogen (secondary N) is 5. The van der Waals surface area contributed by atoms with Crippen molar-refractivity contribution in [3.63, 3.8) is 0 Å². The summed E-state index contributed by atoms with van der Waals surface area (Å²) in [5.41, 5.74) is 10.8. The molecule has 30 heteroatoms. The van der Waals surface area contributed by atoms with Gasteiger partial charge in [-0.3, -0.25) is 34.9 Å². The van der Waals surface area contributed by atoms with Gasteiger partial charge in [0.05, 0.1) is 72.4 Å². The lowest BCUT2D eigenvalue weighted by molar-refractivity contribution is -0.158. The molecule has 8 bridgehead atoms. The second-order valence-electron chi connectivity index (χ2n) is 31.1. The van der Waals surface area contributed by atoms with Crippen LogP contribution in [0, 0.1) is 50.4 Å². The molecule has 0 radical (unpaired) electrons. The molecule has 0 saturated carbocycles. The van der Waals surface area contributed by atoms with Crippen molar-refractivity contribution in [1.82, 2.24) is 40.6 Å². The first-order valence-corrected chi connectivity index (χ1v) is 40.0. The summed E-state index contributed by atoms with van der Waals surface area (Å²) in [5.74, 6) is 1.90. The van der Waals surface area contributed by atoms with E-state index in [4.69, 9.17) is 47.4 Å². The Balaban J connectivity index is 0.000000177. The molecule has 16 heterocycles. The zero-order valence-electron chi connectivity index (χ0n) is 63.1. The number of phenolic OH excluding ortho intramolecular Hbond substituents is 4. The Bertz CT molecular complexity index is 5600. The van der Waals surface area contributed by atoms with E-state index in [9.17, 15) is 50.1 Å². The van der Waals surface area contributed by atoms with E-state index in [0.29, 0.717) is 147 Å². The number of piperazine rings is 2. The van der Waals surface area contributed by atoms with Crippen molar-refractivity contribution in [2.24, 2.45) is 0 Å². The molecule has 0 amide bonds. The molecule has 2 aromatic heterocycles. The third kappa shape index (κ3) is 11.7. The van der Waals surface area contributed by atoms with Crippen LogP contribution in [0.2, 0.25) is 0 Å². The highest BCUT2D eigenvalue weighted by molar-refractivity contribution is 7.99. The fourth-order valence-electron chi connectivity index (χ4n) is 21.1.